The Bertz CT molecular complexity index is 518. The van der Waals surface area contributed by atoms with Gasteiger partial charge in [0.2, 0.25) is 0 Å². The molecule has 21 heavy (non-hydrogen) atoms. The molecule has 2 rings (SSSR count). The van der Waals surface area contributed by atoms with Gasteiger partial charge in [0, 0.05) is 13.1 Å². The molecule has 0 bridgehead atoms. The summed E-state index contributed by atoms with van der Waals surface area (Å²) < 4.78 is 0. The van der Waals surface area contributed by atoms with Crippen LogP contribution in [-0.2, 0) is 12.8 Å². The van der Waals surface area contributed by atoms with E-state index in [-0.39, 0.29) is 0 Å². The van der Waals surface area contributed by atoms with E-state index in [4.69, 9.17) is 0 Å². The van der Waals surface area contributed by atoms with E-state index in [0.29, 0.717) is 5.92 Å². The zero-order valence-corrected chi connectivity index (χ0v) is 13.3. The molecule has 1 aliphatic rings. The minimum atomic E-state index is 0.619. The number of piperidine rings is 1. The molecule has 0 radical (unpaired) electrons. The third-order valence-corrected chi connectivity index (χ3v) is 4.25. The Morgan fingerprint density at radius 1 is 1.33 bits per heavy atom. The van der Waals surface area contributed by atoms with Gasteiger partial charge in [-0.05, 0) is 50.8 Å². The van der Waals surface area contributed by atoms with Crippen molar-refractivity contribution >= 4 is 5.82 Å². The monoisotopic (exact) mass is 287 g/mol. The van der Waals surface area contributed by atoms with Crippen molar-refractivity contribution in [2.75, 3.05) is 31.6 Å². The summed E-state index contributed by atoms with van der Waals surface area (Å²) in [5.41, 5.74) is 2.76. The maximum Gasteiger partial charge on any atom is 0.169 e. The van der Waals surface area contributed by atoms with Gasteiger partial charge in [-0.15, -0.1) is 5.10 Å². The number of aryl methyl sites for hydroxylation is 1. The molecule has 1 atom stereocenters. The van der Waals surface area contributed by atoms with E-state index in [1.807, 2.05) is 7.05 Å². The lowest BCUT2D eigenvalue weighted by molar-refractivity contribution is 0.400. The normalized spacial score (nSPS) is 18.6. The number of anilines is 1. The second-order valence-corrected chi connectivity index (χ2v) is 5.65. The third kappa shape index (κ3) is 3.33. The van der Waals surface area contributed by atoms with E-state index in [1.54, 1.807) is 0 Å². The Labute approximate surface area is 127 Å². The molecule has 114 valence electrons. The van der Waals surface area contributed by atoms with E-state index in [2.05, 4.69) is 40.3 Å². The molecule has 0 aromatic carbocycles. The highest BCUT2D eigenvalue weighted by molar-refractivity contribution is 5.58. The minimum absolute atomic E-state index is 0.619. The first-order valence-electron chi connectivity index (χ1n) is 7.93. The molecule has 1 aromatic rings. The molecule has 0 aliphatic carbocycles. The molecule has 1 N–H and O–H groups in total. The van der Waals surface area contributed by atoms with Gasteiger partial charge in [-0.1, -0.05) is 13.8 Å². The average Bonchev–Trinajstić information content (AvgIpc) is 2.53. The molecular weight excluding hydrogens is 262 g/mol. The summed E-state index contributed by atoms with van der Waals surface area (Å²) in [7, 11) is 1.99. The first kappa shape index (κ1) is 15.7. The standard InChI is InChI=1S/C16H25N5/c1-4-13-14(9-17)16(20-19-15(13)5-2)21-8-6-7-12(11-21)10-18-3/h12,18H,4-8,10-11H2,1-3H3. The van der Waals surface area contributed by atoms with Gasteiger partial charge >= 0.3 is 0 Å². The van der Waals surface area contributed by atoms with Crippen LogP contribution in [0.25, 0.3) is 0 Å². The molecule has 5 heteroatoms. The lowest BCUT2D eigenvalue weighted by atomic mass is 9.97. The zero-order valence-electron chi connectivity index (χ0n) is 13.3. The highest BCUT2D eigenvalue weighted by atomic mass is 15.3. The van der Waals surface area contributed by atoms with Gasteiger partial charge < -0.3 is 10.2 Å². The summed E-state index contributed by atoms with van der Waals surface area (Å²) in [4.78, 5) is 2.25. The average molecular weight is 287 g/mol. The van der Waals surface area contributed by atoms with Gasteiger partial charge in [-0.25, -0.2) is 0 Å². The van der Waals surface area contributed by atoms with Gasteiger partial charge in [0.05, 0.1) is 5.69 Å². The van der Waals surface area contributed by atoms with Crippen molar-refractivity contribution in [2.24, 2.45) is 5.92 Å². The summed E-state index contributed by atoms with van der Waals surface area (Å²) in [6.45, 7) is 7.09. The van der Waals surface area contributed by atoms with Gasteiger partial charge in [0.1, 0.15) is 11.6 Å². The molecule has 2 heterocycles. The molecule has 1 fully saturated rings. The number of rotatable bonds is 5. The molecule has 1 saturated heterocycles. The SMILES string of the molecule is CCc1nnc(N2CCCC(CNC)C2)c(C#N)c1CC. The van der Waals surface area contributed by atoms with Crippen LogP contribution >= 0.6 is 0 Å². The predicted molar refractivity (Wildman–Crippen MR) is 84.4 cm³/mol. The van der Waals surface area contributed by atoms with Gasteiger partial charge in [0.15, 0.2) is 5.82 Å². The fourth-order valence-corrected chi connectivity index (χ4v) is 3.21. The van der Waals surface area contributed by atoms with Crippen LogP contribution in [0.5, 0.6) is 0 Å². The van der Waals surface area contributed by atoms with Crippen molar-refractivity contribution in [1.29, 1.82) is 5.26 Å². The molecule has 1 aliphatic heterocycles. The highest BCUT2D eigenvalue weighted by Gasteiger charge is 2.24. The number of hydrogen-bond acceptors (Lipinski definition) is 5. The topological polar surface area (TPSA) is 64.8 Å². The third-order valence-electron chi connectivity index (χ3n) is 4.25. The summed E-state index contributed by atoms with van der Waals surface area (Å²) in [6.07, 6.45) is 4.05. The summed E-state index contributed by atoms with van der Waals surface area (Å²) in [5, 5.41) is 21.6. The molecule has 0 saturated carbocycles. The first-order chi connectivity index (χ1) is 10.2. The van der Waals surface area contributed by atoms with Gasteiger partial charge in [0.25, 0.3) is 0 Å². The van der Waals surface area contributed by atoms with E-state index < -0.39 is 0 Å². The molecule has 0 amide bonds. The van der Waals surface area contributed by atoms with Crippen molar-refractivity contribution in [3.8, 4) is 6.07 Å². The van der Waals surface area contributed by atoms with Crippen LogP contribution < -0.4 is 10.2 Å². The summed E-state index contributed by atoms with van der Waals surface area (Å²) in [6, 6.07) is 2.37. The predicted octanol–water partition coefficient (Wildman–Crippen LogP) is 1.91. The smallest absolute Gasteiger partial charge is 0.169 e. The van der Waals surface area contributed by atoms with Crippen LogP contribution in [0.3, 0.4) is 0 Å². The van der Waals surface area contributed by atoms with E-state index >= 15 is 0 Å². The van der Waals surface area contributed by atoms with Crippen LogP contribution in [0.1, 0.15) is 43.5 Å². The maximum atomic E-state index is 9.59. The largest absolute Gasteiger partial charge is 0.354 e. The van der Waals surface area contributed by atoms with Crippen LogP contribution in [0, 0.1) is 17.2 Å². The van der Waals surface area contributed by atoms with Crippen molar-refractivity contribution in [2.45, 2.75) is 39.5 Å². The highest BCUT2D eigenvalue weighted by Crippen LogP contribution is 2.27. The molecule has 5 nitrogen and oxygen atoms in total. The van der Waals surface area contributed by atoms with Gasteiger partial charge in [-0.2, -0.15) is 10.4 Å². The Morgan fingerprint density at radius 3 is 2.76 bits per heavy atom. The molecule has 0 spiro atoms. The minimum Gasteiger partial charge on any atom is -0.354 e. The van der Waals surface area contributed by atoms with Crippen LogP contribution in [-0.4, -0.2) is 36.9 Å². The van der Waals surface area contributed by atoms with Crippen molar-refractivity contribution in [3.05, 3.63) is 16.8 Å². The second-order valence-electron chi connectivity index (χ2n) is 5.65. The number of nitrogens with zero attached hydrogens (tertiary/aromatic N) is 4. The Kier molecular flexibility index (Phi) is 5.51. The fraction of sp³-hybridized carbons (Fsp3) is 0.688. The van der Waals surface area contributed by atoms with E-state index in [9.17, 15) is 5.26 Å². The maximum absolute atomic E-state index is 9.59. The van der Waals surface area contributed by atoms with Crippen molar-refractivity contribution in [1.82, 2.24) is 15.5 Å². The lowest BCUT2D eigenvalue weighted by Crippen LogP contribution is -2.40. The van der Waals surface area contributed by atoms with Crippen LogP contribution in [0.2, 0.25) is 0 Å². The van der Waals surface area contributed by atoms with Crippen LogP contribution in [0.15, 0.2) is 0 Å². The summed E-state index contributed by atoms with van der Waals surface area (Å²) in [5.74, 6) is 1.40. The first-order valence-corrected chi connectivity index (χ1v) is 7.93. The van der Waals surface area contributed by atoms with E-state index in [0.717, 1.165) is 61.5 Å². The Hall–Kier alpha value is -1.67. The number of hydrogen-bond donors (Lipinski definition) is 1. The number of nitrogens with one attached hydrogen (secondary N) is 1. The second kappa shape index (κ2) is 7.37. The lowest BCUT2D eigenvalue weighted by Gasteiger charge is -2.34. The Balaban J connectivity index is 2.33. The van der Waals surface area contributed by atoms with Crippen LogP contribution in [0.4, 0.5) is 5.82 Å². The molecule has 1 aromatic heterocycles. The molecule has 1 unspecified atom stereocenters. The van der Waals surface area contributed by atoms with E-state index in [1.165, 1.54) is 6.42 Å². The Morgan fingerprint density at radius 2 is 2.14 bits per heavy atom. The molecular formula is C16H25N5. The van der Waals surface area contributed by atoms with Crippen molar-refractivity contribution < 1.29 is 0 Å². The van der Waals surface area contributed by atoms with Crippen molar-refractivity contribution in [3.63, 3.8) is 0 Å². The zero-order chi connectivity index (χ0) is 15.2. The quantitative estimate of drug-likeness (QED) is 0.896. The summed E-state index contributed by atoms with van der Waals surface area (Å²) >= 11 is 0. The number of nitriles is 1. The fourth-order valence-electron chi connectivity index (χ4n) is 3.21. The number of aromatic nitrogens is 2. The van der Waals surface area contributed by atoms with Gasteiger partial charge in [-0.3, -0.25) is 0 Å².